The monoisotopic (exact) mass is 269 g/mol. The second-order valence-corrected chi connectivity index (χ2v) is 4.01. The van der Waals surface area contributed by atoms with Crippen molar-refractivity contribution < 1.29 is 5.11 Å². The molecule has 0 spiro atoms. The van der Waals surface area contributed by atoms with Gasteiger partial charge in [0.05, 0.1) is 12.2 Å². The van der Waals surface area contributed by atoms with E-state index in [0.717, 1.165) is 0 Å². The Morgan fingerprint density at radius 1 is 1.80 bits per heavy atom. The fourth-order valence-electron chi connectivity index (χ4n) is 0.517. The normalized spacial score (nSPS) is 19.1. The SMILES string of the molecule is CCC(O)C(Br)(C#N)CBr. The molecule has 1 N–H and O–H groups in total. The number of alkyl halides is 2. The van der Waals surface area contributed by atoms with Crippen LogP contribution in [-0.4, -0.2) is 20.9 Å². The van der Waals surface area contributed by atoms with E-state index in [4.69, 9.17) is 5.26 Å². The first-order valence-corrected chi connectivity index (χ1v) is 4.86. The van der Waals surface area contributed by atoms with E-state index in [9.17, 15) is 5.11 Å². The number of hydrogen-bond donors (Lipinski definition) is 1. The first-order chi connectivity index (χ1) is 4.60. The Morgan fingerprint density at radius 3 is 2.40 bits per heavy atom. The summed E-state index contributed by atoms with van der Waals surface area (Å²) in [4.78, 5) is 0. The van der Waals surface area contributed by atoms with E-state index < -0.39 is 10.4 Å². The predicted molar refractivity (Wildman–Crippen MR) is 47.4 cm³/mol. The van der Waals surface area contributed by atoms with Crippen LogP contribution in [0.3, 0.4) is 0 Å². The highest BCUT2D eigenvalue weighted by Crippen LogP contribution is 2.25. The molecule has 4 heteroatoms. The van der Waals surface area contributed by atoms with E-state index in [2.05, 4.69) is 31.9 Å². The van der Waals surface area contributed by atoms with Gasteiger partial charge in [-0.25, -0.2) is 0 Å². The zero-order valence-corrected chi connectivity index (χ0v) is 8.81. The highest BCUT2D eigenvalue weighted by Gasteiger charge is 2.32. The minimum Gasteiger partial charge on any atom is -0.391 e. The lowest BCUT2D eigenvalue weighted by molar-refractivity contribution is 0.155. The molecule has 0 fully saturated rings. The van der Waals surface area contributed by atoms with Crippen LogP contribution < -0.4 is 0 Å². The molecule has 2 nitrogen and oxygen atoms in total. The van der Waals surface area contributed by atoms with E-state index in [1.54, 1.807) is 0 Å². The van der Waals surface area contributed by atoms with Crippen LogP contribution in [-0.2, 0) is 0 Å². The number of hydrogen-bond acceptors (Lipinski definition) is 2. The molecule has 2 unspecified atom stereocenters. The zero-order valence-electron chi connectivity index (χ0n) is 5.64. The summed E-state index contributed by atoms with van der Waals surface area (Å²) in [7, 11) is 0. The Bertz CT molecular complexity index is 145. The van der Waals surface area contributed by atoms with Gasteiger partial charge in [0.25, 0.3) is 0 Å². The Morgan fingerprint density at radius 2 is 2.30 bits per heavy atom. The first-order valence-electron chi connectivity index (χ1n) is 2.95. The summed E-state index contributed by atoms with van der Waals surface area (Å²) in [6.07, 6.45) is -0.0402. The van der Waals surface area contributed by atoms with E-state index >= 15 is 0 Å². The molecular weight excluding hydrogens is 262 g/mol. The Balaban J connectivity index is 4.21. The highest BCUT2D eigenvalue weighted by atomic mass is 79.9. The number of rotatable bonds is 3. The van der Waals surface area contributed by atoms with Gasteiger partial charge in [-0.15, -0.1) is 0 Å². The lowest BCUT2D eigenvalue weighted by Crippen LogP contribution is -2.35. The molecule has 0 aromatic carbocycles. The molecule has 2 atom stereocenters. The average Bonchev–Trinajstić information content (AvgIpc) is 2.01. The molecular formula is C6H9Br2NO. The Labute approximate surface area is 77.5 Å². The molecule has 0 saturated carbocycles. The van der Waals surface area contributed by atoms with Gasteiger partial charge >= 0.3 is 0 Å². The van der Waals surface area contributed by atoms with E-state index in [1.165, 1.54) is 0 Å². The van der Waals surface area contributed by atoms with Gasteiger partial charge < -0.3 is 5.11 Å². The number of nitriles is 1. The topological polar surface area (TPSA) is 44.0 Å². The highest BCUT2D eigenvalue weighted by molar-refractivity contribution is 9.12. The molecule has 0 aromatic heterocycles. The second-order valence-electron chi connectivity index (χ2n) is 2.03. The molecule has 0 radical (unpaired) electrons. The molecule has 0 aromatic rings. The Kier molecular flexibility index (Phi) is 4.50. The van der Waals surface area contributed by atoms with Crippen molar-refractivity contribution in [2.75, 3.05) is 5.33 Å². The number of halogens is 2. The maximum Gasteiger partial charge on any atom is 0.147 e. The third-order valence-corrected chi connectivity index (χ3v) is 3.92. The van der Waals surface area contributed by atoms with Crippen LogP contribution >= 0.6 is 31.9 Å². The maximum atomic E-state index is 9.28. The van der Waals surface area contributed by atoms with Crippen molar-refractivity contribution in [3.05, 3.63) is 0 Å². The zero-order chi connectivity index (χ0) is 8.20. The molecule has 0 rings (SSSR count). The summed E-state index contributed by atoms with van der Waals surface area (Å²) in [5, 5.41) is 18.3. The summed E-state index contributed by atoms with van der Waals surface area (Å²) in [5.41, 5.74) is 0. The van der Waals surface area contributed by atoms with Crippen LogP contribution in [0.4, 0.5) is 0 Å². The summed E-state index contributed by atoms with van der Waals surface area (Å²) in [6, 6.07) is 2.00. The average molecular weight is 271 g/mol. The third-order valence-electron chi connectivity index (χ3n) is 1.30. The maximum absolute atomic E-state index is 9.28. The number of aliphatic hydroxyl groups is 1. The largest absolute Gasteiger partial charge is 0.391 e. The molecule has 58 valence electrons. The molecule has 0 bridgehead atoms. The van der Waals surface area contributed by atoms with Crippen molar-refractivity contribution >= 4 is 31.9 Å². The minimum atomic E-state index is -0.818. The molecule has 0 saturated heterocycles. The molecule has 10 heavy (non-hydrogen) atoms. The van der Waals surface area contributed by atoms with E-state index in [0.29, 0.717) is 11.8 Å². The molecule has 0 aliphatic carbocycles. The third kappa shape index (κ3) is 2.22. The van der Waals surface area contributed by atoms with Crippen molar-refractivity contribution in [1.29, 1.82) is 5.26 Å². The summed E-state index contributed by atoms with van der Waals surface area (Å²) < 4.78 is -0.818. The quantitative estimate of drug-likeness (QED) is 0.795. The Hall–Kier alpha value is 0.410. The van der Waals surface area contributed by atoms with Gasteiger partial charge in [0.1, 0.15) is 4.32 Å². The summed E-state index contributed by atoms with van der Waals surface area (Å²) in [6.45, 7) is 1.83. The van der Waals surface area contributed by atoms with Crippen LogP contribution in [0.25, 0.3) is 0 Å². The van der Waals surface area contributed by atoms with Crippen LogP contribution in [0.2, 0.25) is 0 Å². The van der Waals surface area contributed by atoms with Gasteiger partial charge in [-0.3, -0.25) is 0 Å². The number of nitrogens with zero attached hydrogens (tertiary/aromatic N) is 1. The van der Waals surface area contributed by atoms with Crippen LogP contribution in [0.1, 0.15) is 13.3 Å². The fraction of sp³-hybridized carbons (Fsp3) is 0.833. The van der Waals surface area contributed by atoms with Crippen LogP contribution in [0, 0.1) is 11.3 Å². The molecule has 0 amide bonds. The molecule has 0 heterocycles. The van der Waals surface area contributed by atoms with Gasteiger partial charge in [0.15, 0.2) is 0 Å². The van der Waals surface area contributed by atoms with Crippen LogP contribution in [0.5, 0.6) is 0 Å². The molecule has 0 aliphatic heterocycles. The van der Waals surface area contributed by atoms with Gasteiger partial charge in [0.2, 0.25) is 0 Å². The first kappa shape index (κ1) is 10.4. The van der Waals surface area contributed by atoms with Crippen molar-refractivity contribution in [1.82, 2.24) is 0 Å². The summed E-state index contributed by atoms with van der Waals surface area (Å²) in [5.74, 6) is 0. The van der Waals surface area contributed by atoms with E-state index in [1.807, 2.05) is 13.0 Å². The van der Waals surface area contributed by atoms with Gasteiger partial charge in [-0.1, -0.05) is 38.8 Å². The van der Waals surface area contributed by atoms with Crippen LogP contribution in [0.15, 0.2) is 0 Å². The predicted octanol–water partition coefficient (Wildman–Crippen LogP) is 1.81. The van der Waals surface area contributed by atoms with Crippen molar-refractivity contribution in [2.24, 2.45) is 0 Å². The minimum absolute atomic E-state index is 0.436. The standard InChI is InChI=1S/C6H9Br2NO/c1-2-5(10)6(8,3-7)4-9/h5,10H,2-3H2,1H3. The fourth-order valence-corrected chi connectivity index (χ4v) is 1.34. The van der Waals surface area contributed by atoms with Crippen molar-refractivity contribution in [3.8, 4) is 6.07 Å². The van der Waals surface area contributed by atoms with E-state index in [-0.39, 0.29) is 0 Å². The second kappa shape index (κ2) is 4.32. The molecule has 0 aliphatic rings. The number of aliphatic hydroxyl groups excluding tert-OH is 1. The van der Waals surface area contributed by atoms with Crippen molar-refractivity contribution in [2.45, 2.75) is 23.8 Å². The van der Waals surface area contributed by atoms with Crippen molar-refractivity contribution in [3.63, 3.8) is 0 Å². The van der Waals surface area contributed by atoms with Gasteiger partial charge in [0, 0.05) is 5.33 Å². The smallest absolute Gasteiger partial charge is 0.147 e. The van der Waals surface area contributed by atoms with Gasteiger partial charge in [-0.2, -0.15) is 5.26 Å². The lowest BCUT2D eigenvalue weighted by atomic mass is 10.0. The lowest BCUT2D eigenvalue weighted by Gasteiger charge is -2.21. The van der Waals surface area contributed by atoms with Gasteiger partial charge in [-0.05, 0) is 6.42 Å². The summed E-state index contributed by atoms with van der Waals surface area (Å²) >= 11 is 6.30.